The van der Waals surface area contributed by atoms with Crippen LogP contribution in [0.25, 0.3) is 11.4 Å². The number of aromatic nitrogens is 2. The van der Waals surface area contributed by atoms with E-state index in [4.69, 9.17) is 9.26 Å². The summed E-state index contributed by atoms with van der Waals surface area (Å²) in [5.41, 5.74) is 1.63. The largest absolute Gasteiger partial charge is 0.481 e. The molecule has 0 spiro atoms. The van der Waals surface area contributed by atoms with E-state index < -0.39 is 11.0 Å². The highest BCUT2D eigenvalue weighted by molar-refractivity contribution is 5.58. The summed E-state index contributed by atoms with van der Waals surface area (Å²) in [7, 11) is 0. The molecule has 1 heterocycles. The number of hydrogen-bond donors (Lipinski definition) is 0. The maximum Gasteiger partial charge on any atom is 0.270 e. The van der Waals surface area contributed by atoms with Crippen LogP contribution >= 0.6 is 0 Å². The van der Waals surface area contributed by atoms with Crippen molar-refractivity contribution < 1.29 is 14.2 Å². The topological polar surface area (TPSA) is 91.3 Å². The van der Waals surface area contributed by atoms with E-state index in [1.165, 1.54) is 12.1 Å². The Hall–Kier alpha value is -3.22. The van der Waals surface area contributed by atoms with Gasteiger partial charge in [-0.2, -0.15) is 4.98 Å². The zero-order chi connectivity index (χ0) is 17.1. The van der Waals surface area contributed by atoms with Gasteiger partial charge >= 0.3 is 0 Å². The van der Waals surface area contributed by atoms with E-state index in [9.17, 15) is 10.1 Å². The van der Waals surface area contributed by atoms with Crippen molar-refractivity contribution in [2.24, 2.45) is 0 Å². The summed E-state index contributed by atoms with van der Waals surface area (Å²) in [6.07, 6.45) is -0.437. The molecule has 0 fully saturated rings. The molecule has 7 heteroatoms. The summed E-state index contributed by atoms with van der Waals surface area (Å²) in [4.78, 5) is 14.7. The van der Waals surface area contributed by atoms with Gasteiger partial charge in [0, 0.05) is 17.7 Å². The molecule has 3 aromatic rings. The van der Waals surface area contributed by atoms with Crippen molar-refractivity contribution in [1.29, 1.82) is 0 Å². The third kappa shape index (κ3) is 3.40. The van der Waals surface area contributed by atoms with Gasteiger partial charge in [0.1, 0.15) is 5.75 Å². The van der Waals surface area contributed by atoms with Gasteiger partial charge in [-0.25, -0.2) is 0 Å². The molecule has 0 amide bonds. The summed E-state index contributed by atoms with van der Waals surface area (Å²) in [5.74, 6) is 1.29. The fraction of sp³-hybridized carbons (Fsp3) is 0.176. The molecule has 0 radical (unpaired) electrons. The van der Waals surface area contributed by atoms with Crippen LogP contribution in [0, 0.1) is 17.0 Å². The highest BCUT2D eigenvalue weighted by Crippen LogP contribution is 2.25. The van der Waals surface area contributed by atoms with Crippen molar-refractivity contribution in [2.45, 2.75) is 20.0 Å². The molecule has 3 rings (SSSR count). The van der Waals surface area contributed by atoms with Crippen LogP contribution in [-0.4, -0.2) is 15.1 Å². The van der Waals surface area contributed by atoms with Gasteiger partial charge in [0.05, 0.1) is 4.92 Å². The Labute approximate surface area is 138 Å². The Bertz CT molecular complexity index is 858. The lowest BCUT2D eigenvalue weighted by Gasteiger charge is -2.10. The predicted octanol–water partition coefficient (Wildman–Crippen LogP) is 4.09. The molecule has 1 unspecified atom stereocenters. The minimum atomic E-state index is -0.465. The van der Waals surface area contributed by atoms with Crippen molar-refractivity contribution in [1.82, 2.24) is 10.1 Å². The van der Waals surface area contributed by atoms with Crippen LogP contribution in [0.3, 0.4) is 0 Å². The quantitative estimate of drug-likeness (QED) is 0.518. The highest BCUT2D eigenvalue weighted by Gasteiger charge is 2.18. The lowest BCUT2D eigenvalue weighted by Crippen LogP contribution is -2.03. The van der Waals surface area contributed by atoms with E-state index in [2.05, 4.69) is 10.1 Å². The Kier molecular flexibility index (Phi) is 4.24. The minimum absolute atomic E-state index is 0.0252. The Morgan fingerprint density at radius 2 is 1.96 bits per heavy atom. The predicted molar refractivity (Wildman–Crippen MR) is 86.6 cm³/mol. The van der Waals surface area contributed by atoms with Crippen molar-refractivity contribution >= 4 is 5.69 Å². The smallest absolute Gasteiger partial charge is 0.270 e. The fourth-order valence-electron chi connectivity index (χ4n) is 2.15. The Morgan fingerprint density at radius 1 is 1.21 bits per heavy atom. The van der Waals surface area contributed by atoms with E-state index in [0.717, 1.165) is 5.56 Å². The first-order chi connectivity index (χ1) is 11.5. The van der Waals surface area contributed by atoms with E-state index in [1.54, 1.807) is 19.1 Å². The highest BCUT2D eigenvalue weighted by atomic mass is 16.6. The van der Waals surface area contributed by atoms with Gasteiger partial charge in [-0.1, -0.05) is 35.0 Å². The van der Waals surface area contributed by atoms with Gasteiger partial charge in [-0.15, -0.1) is 0 Å². The number of nitrogens with zero attached hydrogens (tertiary/aromatic N) is 3. The second kappa shape index (κ2) is 6.49. The van der Waals surface area contributed by atoms with Crippen LogP contribution < -0.4 is 4.74 Å². The third-order valence-electron chi connectivity index (χ3n) is 3.44. The second-order valence-electron chi connectivity index (χ2n) is 5.34. The molecule has 0 saturated heterocycles. The van der Waals surface area contributed by atoms with E-state index in [1.807, 2.05) is 31.2 Å². The lowest BCUT2D eigenvalue weighted by atomic mass is 10.2. The maximum atomic E-state index is 10.8. The standard InChI is InChI=1S/C17H15N3O4/c1-11-6-8-15(9-7-11)23-12(2)17-18-16(19-24-17)13-4-3-5-14(10-13)20(21)22/h3-10,12H,1-2H3. The summed E-state index contributed by atoms with van der Waals surface area (Å²) in [6, 6.07) is 13.7. The maximum absolute atomic E-state index is 10.8. The van der Waals surface area contributed by atoms with Crippen molar-refractivity contribution in [3.63, 3.8) is 0 Å². The average Bonchev–Trinajstić information content (AvgIpc) is 3.07. The van der Waals surface area contributed by atoms with E-state index in [-0.39, 0.29) is 11.5 Å². The van der Waals surface area contributed by atoms with Crippen molar-refractivity contribution in [2.75, 3.05) is 0 Å². The van der Waals surface area contributed by atoms with Crippen LogP contribution in [0.2, 0.25) is 0 Å². The van der Waals surface area contributed by atoms with Gasteiger partial charge in [0.15, 0.2) is 6.10 Å². The van der Waals surface area contributed by atoms with Crippen molar-refractivity contribution in [3.8, 4) is 17.1 Å². The van der Waals surface area contributed by atoms with Crippen LogP contribution in [0.1, 0.15) is 24.5 Å². The summed E-state index contributed by atoms with van der Waals surface area (Å²) in [6.45, 7) is 3.79. The summed E-state index contributed by atoms with van der Waals surface area (Å²) in [5, 5.41) is 14.7. The molecule has 1 aromatic heterocycles. The molecule has 0 aliphatic carbocycles. The zero-order valence-electron chi connectivity index (χ0n) is 13.2. The summed E-state index contributed by atoms with van der Waals surface area (Å²) < 4.78 is 11.0. The molecule has 7 nitrogen and oxygen atoms in total. The Morgan fingerprint density at radius 3 is 2.67 bits per heavy atom. The molecule has 24 heavy (non-hydrogen) atoms. The molecule has 1 atom stereocenters. The molecule has 2 aromatic carbocycles. The first-order valence-corrected chi connectivity index (χ1v) is 7.34. The number of nitro groups is 1. The number of benzene rings is 2. The van der Waals surface area contributed by atoms with Crippen LogP contribution in [0.5, 0.6) is 5.75 Å². The normalized spacial score (nSPS) is 11.9. The number of rotatable bonds is 5. The van der Waals surface area contributed by atoms with Gasteiger partial charge in [-0.05, 0) is 26.0 Å². The van der Waals surface area contributed by atoms with E-state index in [0.29, 0.717) is 17.2 Å². The molecule has 0 aliphatic rings. The van der Waals surface area contributed by atoms with Gasteiger partial charge in [0.25, 0.3) is 11.6 Å². The number of hydrogen-bond acceptors (Lipinski definition) is 6. The van der Waals surface area contributed by atoms with Gasteiger partial charge in [-0.3, -0.25) is 10.1 Å². The van der Waals surface area contributed by atoms with Crippen molar-refractivity contribution in [3.05, 3.63) is 70.1 Å². The molecular weight excluding hydrogens is 310 g/mol. The first-order valence-electron chi connectivity index (χ1n) is 7.34. The second-order valence-corrected chi connectivity index (χ2v) is 5.34. The van der Waals surface area contributed by atoms with Crippen LogP contribution in [0.4, 0.5) is 5.69 Å². The fourth-order valence-corrected chi connectivity index (χ4v) is 2.15. The van der Waals surface area contributed by atoms with E-state index >= 15 is 0 Å². The summed E-state index contributed by atoms with van der Waals surface area (Å²) >= 11 is 0. The van der Waals surface area contributed by atoms with Crippen LogP contribution in [0.15, 0.2) is 53.1 Å². The monoisotopic (exact) mass is 325 g/mol. The minimum Gasteiger partial charge on any atom is -0.481 e. The van der Waals surface area contributed by atoms with Gasteiger partial charge in [0.2, 0.25) is 5.82 Å². The number of ether oxygens (including phenoxy) is 1. The number of nitro benzene ring substituents is 1. The van der Waals surface area contributed by atoms with Gasteiger partial charge < -0.3 is 9.26 Å². The Balaban J connectivity index is 1.78. The molecule has 0 aliphatic heterocycles. The number of aryl methyl sites for hydroxylation is 1. The zero-order valence-corrected chi connectivity index (χ0v) is 13.2. The SMILES string of the molecule is Cc1ccc(OC(C)c2nc(-c3cccc([N+](=O)[O-])c3)no2)cc1. The first kappa shape index (κ1) is 15.7. The molecule has 0 N–H and O–H groups in total. The molecule has 122 valence electrons. The molecule has 0 bridgehead atoms. The molecular formula is C17H15N3O4. The molecule has 0 saturated carbocycles. The average molecular weight is 325 g/mol. The lowest BCUT2D eigenvalue weighted by molar-refractivity contribution is -0.384. The van der Waals surface area contributed by atoms with Crippen LogP contribution in [-0.2, 0) is 0 Å². The third-order valence-corrected chi connectivity index (χ3v) is 3.44. The number of non-ortho nitro benzene ring substituents is 1.